The fraction of sp³-hybridized carbons (Fsp3) is 0.353. The monoisotopic (exact) mass is 297 g/mol. The Morgan fingerprint density at radius 1 is 1.24 bits per heavy atom. The van der Waals surface area contributed by atoms with Gasteiger partial charge in [-0.3, -0.25) is 0 Å². The molecule has 1 aromatic carbocycles. The van der Waals surface area contributed by atoms with Gasteiger partial charge in [-0.2, -0.15) is 0 Å². The van der Waals surface area contributed by atoms with Crippen LogP contribution in [0.5, 0.6) is 0 Å². The van der Waals surface area contributed by atoms with Crippen LogP contribution in [-0.2, 0) is 0 Å². The maximum Gasteiger partial charge on any atom is 0.183 e. The number of para-hydroxylation sites is 1. The molecule has 108 valence electrons. The number of hydrogen-bond donors (Lipinski definition) is 2. The SMILES string of the molecule is Cc1sc(NC2CCCC2)nc1-c1c[nH]c2ccccc12. The highest BCUT2D eigenvalue weighted by molar-refractivity contribution is 7.16. The number of aromatic amines is 1. The van der Waals surface area contributed by atoms with Crippen molar-refractivity contribution in [3.05, 3.63) is 35.3 Å². The molecule has 4 heteroatoms. The summed E-state index contributed by atoms with van der Waals surface area (Å²) < 4.78 is 0. The Hall–Kier alpha value is -1.81. The predicted octanol–water partition coefficient (Wildman–Crippen LogP) is 4.95. The second-order valence-corrected chi connectivity index (χ2v) is 7.00. The van der Waals surface area contributed by atoms with Gasteiger partial charge in [-0.25, -0.2) is 4.98 Å². The zero-order chi connectivity index (χ0) is 14.2. The molecule has 0 atom stereocenters. The Morgan fingerprint density at radius 3 is 2.90 bits per heavy atom. The summed E-state index contributed by atoms with van der Waals surface area (Å²) in [6.07, 6.45) is 7.32. The first-order valence-electron chi connectivity index (χ1n) is 7.62. The number of nitrogens with zero attached hydrogens (tertiary/aromatic N) is 1. The lowest BCUT2D eigenvalue weighted by atomic mass is 10.1. The predicted molar refractivity (Wildman–Crippen MR) is 90.0 cm³/mol. The third kappa shape index (κ3) is 2.33. The number of nitrogens with one attached hydrogen (secondary N) is 2. The molecule has 0 bridgehead atoms. The minimum Gasteiger partial charge on any atom is -0.360 e. The van der Waals surface area contributed by atoms with Gasteiger partial charge in [0.05, 0.1) is 5.69 Å². The average molecular weight is 297 g/mol. The number of rotatable bonds is 3. The van der Waals surface area contributed by atoms with E-state index in [1.807, 2.05) is 0 Å². The van der Waals surface area contributed by atoms with Crippen molar-refractivity contribution in [1.82, 2.24) is 9.97 Å². The van der Waals surface area contributed by atoms with Gasteiger partial charge in [0, 0.05) is 33.6 Å². The lowest BCUT2D eigenvalue weighted by Gasteiger charge is -2.09. The van der Waals surface area contributed by atoms with Gasteiger partial charge in [0.25, 0.3) is 0 Å². The van der Waals surface area contributed by atoms with Crippen LogP contribution in [0.2, 0.25) is 0 Å². The van der Waals surface area contributed by atoms with Crippen LogP contribution in [0.15, 0.2) is 30.5 Å². The molecule has 3 aromatic rings. The molecule has 0 spiro atoms. The molecule has 3 nitrogen and oxygen atoms in total. The molecule has 1 saturated carbocycles. The van der Waals surface area contributed by atoms with Crippen LogP contribution < -0.4 is 5.32 Å². The smallest absolute Gasteiger partial charge is 0.183 e. The van der Waals surface area contributed by atoms with Crippen molar-refractivity contribution in [3.63, 3.8) is 0 Å². The Kier molecular flexibility index (Phi) is 3.19. The summed E-state index contributed by atoms with van der Waals surface area (Å²) in [5.74, 6) is 0. The summed E-state index contributed by atoms with van der Waals surface area (Å²) in [5.41, 5.74) is 3.49. The third-order valence-corrected chi connectivity index (χ3v) is 5.23. The number of aromatic nitrogens is 2. The summed E-state index contributed by atoms with van der Waals surface area (Å²) >= 11 is 1.77. The standard InChI is InChI=1S/C17H19N3S/c1-11-16(14-10-18-15-9-5-4-8-13(14)15)20-17(21-11)19-12-6-2-3-7-12/h4-5,8-10,12,18H,2-3,6-7H2,1H3,(H,19,20). The van der Waals surface area contributed by atoms with Gasteiger partial charge in [0.15, 0.2) is 5.13 Å². The van der Waals surface area contributed by atoms with Crippen molar-refractivity contribution in [3.8, 4) is 11.3 Å². The van der Waals surface area contributed by atoms with Gasteiger partial charge in [0.2, 0.25) is 0 Å². The first-order chi connectivity index (χ1) is 10.3. The highest BCUT2D eigenvalue weighted by atomic mass is 32.1. The van der Waals surface area contributed by atoms with E-state index in [0.717, 1.165) is 10.8 Å². The van der Waals surface area contributed by atoms with Crippen LogP contribution >= 0.6 is 11.3 Å². The number of benzene rings is 1. The molecule has 1 fully saturated rings. The molecule has 1 aliphatic rings. The number of H-pyrrole nitrogens is 1. The van der Waals surface area contributed by atoms with Crippen LogP contribution in [-0.4, -0.2) is 16.0 Å². The molecule has 2 aromatic heterocycles. The van der Waals surface area contributed by atoms with E-state index in [9.17, 15) is 0 Å². The van der Waals surface area contributed by atoms with Crippen LogP contribution in [0.4, 0.5) is 5.13 Å². The lowest BCUT2D eigenvalue weighted by molar-refractivity contribution is 0.754. The van der Waals surface area contributed by atoms with Crippen molar-refractivity contribution in [2.45, 2.75) is 38.6 Å². The summed E-state index contributed by atoms with van der Waals surface area (Å²) in [6, 6.07) is 9.02. The van der Waals surface area contributed by atoms with E-state index in [4.69, 9.17) is 4.98 Å². The molecule has 0 amide bonds. The molecule has 2 N–H and O–H groups in total. The van der Waals surface area contributed by atoms with E-state index in [1.165, 1.54) is 47.0 Å². The Balaban J connectivity index is 1.70. The van der Waals surface area contributed by atoms with Crippen LogP contribution in [0.1, 0.15) is 30.6 Å². The number of aryl methyl sites for hydroxylation is 1. The maximum absolute atomic E-state index is 4.85. The highest BCUT2D eigenvalue weighted by Crippen LogP contribution is 2.35. The summed E-state index contributed by atoms with van der Waals surface area (Å²) in [6.45, 7) is 2.16. The minimum absolute atomic E-state index is 0.617. The fourth-order valence-electron chi connectivity index (χ4n) is 3.22. The van der Waals surface area contributed by atoms with Crippen molar-refractivity contribution in [2.24, 2.45) is 0 Å². The molecule has 0 aliphatic heterocycles. The van der Waals surface area contributed by atoms with Crippen LogP contribution in [0.25, 0.3) is 22.2 Å². The molecule has 0 saturated heterocycles. The molecule has 0 unspecified atom stereocenters. The number of thiazole rings is 1. The first-order valence-corrected chi connectivity index (χ1v) is 8.43. The van der Waals surface area contributed by atoms with Gasteiger partial charge in [-0.05, 0) is 25.8 Å². The second-order valence-electron chi connectivity index (χ2n) is 5.80. The highest BCUT2D eigenvalue weighted by Gasteiger charge is 2.18. The number of hydrogen-bond acceptors (Lipinski definition) is 3. The van der Waals surface area contributed by atoms with Gasteiger partial charge in [-0.1, -0.05) is 31.0 Å². The molecular formula is C17H19N3S. The van der Waals surface area contributed by atoms with E-state index in [-0.39, 0.29) is 0 Å². The minimum atomic E-state index is 0.617. The quantitative estimate of drug-likeness (QED) is 0.717. The summed E-state index contributed by atoms with van der Waals surface area (Å²) in [7, 11) is 0. The maximum atomic E-state index is 4.85. The molecule has 21 heavy (non-hydrogen) atoms. The molecule has 2 heterocycles. The fourth-order valence-corrected chi connectivity index (χ4v) is 4.13. The van der Waals surface area contributed by atoms with Crippen molar-refractivity contribution in [1.29, 1.82) is 0 Å². The van der Waals surface area contributed by atoms with Gasteiger partial charge >= 0.3 is 0 Å². The van der Waals surface area contributed by atoms with Gasteiger partial charge in [0.1, 0.15) is 0 Å². The lowest BCUT2D eigenvalue weighted by Crippen LogP contribution is -2.13. The van der Waals surface area contributed by atoms with E-state index >= 15 is 0 Å². The van der Waals surface area contributed by atoms with E-state index in [0.29, 0.717) is 6.04 Å². The molecule has 0 radical (unpaired) electrons. The number of anilines is 1. The van der Waals surface area contributed by atoms with Gasteiger partial charge < -0.3 is 10.3 Å². The van der Waals surface area contributed by atoms with Crippen molar-refractivity contribution < 1.29 is 0 Å². The van der Waals surface area contributed by atoms with E-state index in [1.54, 1.807) is 11.3 Å². The Bertz CT molecular complexity index is 765. The Morgan fingerprint density at radius 2 is 2.05 bits per heavy atom. The van der Waals surface area contributed by atoms with Crippen LogP contribution in [0, 0.1) is 6.92 Å². The topological polar surface area (TPSA) is 40.7 Å². The summed E-state index contributed by atoms with van der Waals surface area (Å²) in [4.78, 5) is 9.47. The molecule has 1 aliphatic carbocycles. The second kappa shape index (κ2) is 5.19. The largest absolute Gasteiger partial charge is 0.360 e. The molecular weight excluding hydrogens is 278 g/mol. The van der Waals surface area contributed by atoms with Crippen molar-refractivity contribution in [2.75, 3.05) is 5.32 Å². The Labute approximate surface area is 128 Å². The van der Waals surface area contributed by atoms with Crippen LogP contribution in [0.3, 0.4) is 0 Å². The normalized spacial score (nSPS) is 15.9. The van der Waals surface area contributed by atoms with Crippen molar-refractivity contribution >= 4 is 27.4 Å². The third-order valence-electron chi connectivity index (χ3n) is 4.32. The average Bonchev–Trinajstić information content (AvgIpc) is 3.19. The van der Waals surface area contributed by atoms with E-state index < -0.39 is 0 Å². The number of fused-ring (bicyclic) bond motifs is 1. The zero-order valence-electron chi connectivity index (χ0n) is 12.1. The molecule has 4 rings (SSSR count). The van der Waals surface area contributed by atoms with E-state index in [2.05, 4.69) is 47.7 Å². The zero-order valence-corrected chi connectivity index (χ0v) is 13.0. The van der Waals surface area contributed by atoms with Gasteiger partial charge in [-0.15, -0.1) is 11.3 Å². The summed E-state index contributed by atoms with van der Waals surface area (Å²) in [5, 5.41) is 5.93. The first kappa shape index (κ1) is 12.9.